The largest absolute Gasteiger partial charge is 0.497 e. The molecule has 1 N–H and O–H groups in total. The average molecular weight is 404 g/mol. The van der Waals surface area contributed by atoms with E-state index in [2.05, 4.69) is 12.1 Å². The summed E-state index contributed by atoms with van der Waals surface area (Å²) in [6.07, 6.45) is 0. The Hall–Kier alpha value is -3.51. The summed E-state index contributed by atoms with van der Waals surface area (Å²) in [4.78, 5) is 13.9. The van der Waals surface area contributed by atoms with Crippen LogP contribution in [0.4, 0.5) is 0 Å². The van der Waals surface area contributed by atoms with Crippen molar-refractivity contribution >= 4 is 21.7 Å². The van der Waals surface area contributed by atoms with Crippen molar-refractivity contribution in [1.29, 1.82) is 0 Å². The lowest BCUT2D eigenvalue weighted by molar-refractivity contribution is -0.945. The molecule has 0 aliphatic carbocycles. The van der Waals surface area contributed by atoms with E-state index in [9.17, 15) is 4.79 Å². The molecule has 1 aromatic heterocycles. The molecular formula is C24H22NO5+. The van der Waals surface area contributed by atoms with Gasteiger partial charge in [-0.3, -0.25) is 4.90 Å². The maximum Gasteiger partial charge on any atom is 0.344 e. The van der Waals surface area contributed by atoms with Crippen LogP contribution < -0.4 is 24.7 Å². The Kier molecular flexibility index (Phi) is 4.56. The molecule has 6 heteroatoms. The fourth-order valence-electron chi connectivity index (χ4n) is 4.07. The summed E-state index contributed by atoms with van der Waals surface area (Å²) in [6, 6.07) is 17.5. The summed E-state index contributed by atoms with van der Waals surface area (Å²) in [6.45, 7) is 2.07. The Morgan fingerprint density at radius 1 is 0.900 bits per heavy atom. The smallest absolute Gasteiger partial charge is 0.344 e. The lowest BCUT2D eigenvalue weighted by atomic mass is 10.0. The van der Waals surface area contributed by atoms with Crippen LogP contribution in [0.25, 0.3) is 21.7 Å². The van der Waals surface area contributed by atoms with Crippen LogP contribution in [0.15, 0.2) is 63.8 Å². The van der Waals surface area contributed by atoms with Crippen molar-refractivity contribution in [2.75, 3.05) is 21.0 Å². The van der Waals surface area contributed by atoms with Gasteiger partial charge in [-0.15, -0.1) is 0 Å². The molecule has 5 rings (SSSR count). The molecule has 0 spiro atoms. The summed E-state index contributed by atoms with van der Waals surface area (Å²) in [7, 11) is 3.24. The van der Waals surface area contributed by atoms with Gasteiger partial charge in [0.05, 0.1) is 25.2 Å². The summed E-state index contributed by atoms with van der Waals surface area (Å²) in [5.41, 5.74) is 2.35. The van der Waals surface area contributed by atoms with Gasteiger partial charge >= 0.3 is 5.63 Å². The Balaban J connectivity index is 1.54. The van der Waals surface area contributed by atoms with Crippen molar-refractivity contribution in [3.8, 4) is 17.2 Å². The summed E-state index contributed by atoms with van der Waals surface area (Å²) in [5, 5.41) is 2.27. The summed E-state index contributed by atoms with van der Waals surface area (Å²) < 4.78 is 22.3. The molecule has 1 atom stereocenters. The van der Waals surface area contributed by atoms with E-state index >= 15 is 0 Å². The number of fused-ring (bicyclic) bond motifs is 5. The number of ether oxygens (including phenoxy) is 3. The number of benzene rings is 3. The fraction of sp³-hybridized carbons (Fsp3) is 0.208. The van der Waals surface area contributed by atoms with Crippen LogP contribution in [0.2, 0.25) is 0 Å². The number of hydrogen-bond donors (Lipinski definition) is 1. The number of hydrogen-bond acceptors (Lipinski definition) is 5. The number of methoxy groups -OCH3 is 2. The number of nitrogens with one attached hydrogen (secondary N) is 1. The Morgan fingerprint density at radius 3 is 2.40 bits per heavy atom. The van der Waals surface area contributed by atoms with Gasteiger partial charge < -0.3 is 18.6 Å². The fourth-order valence-corrected chi connectivity index (χ4v) is 4.07. The third-order valence-corrected chi connectivity index (χ3v) is 5.62. The van der Waals surface area contributed by atoms with Gasteiger partial charge in [0, 0.05) is 16.3 Å². The highest BCUT2D eigenvalue weighted by Gasteiger charge is 2.25. The molecule has 1 aliphatic rings. The van der Waals surface area contributed by atoms with Crippen molar-refractivity contribution in [2.45, 2.75) is 13.1 Å². The van der Waals surface area contributed by atoms with Crippen LogP contribution >= 0.6 is 0 Å². The Morgan fingerprint density at radius 2 is 1.63 bits per heavy atom. The van der Waals surface area contributed by atoms with E-state index in [0.717, 1.165) is 34.4 Å². The highest BCUT2D eigenvalue weighted by atomic mass is 16.5. The molecule has 1 aliphatic heterocycles. The topological polar surface area (TPSA) is 62.3 Å². The molecule has 1 unspecified atom stereocenters. The molecule has 2 heterocycles. The zero-order chi connectivity index (χ0) is 20.7. The average Bonchev–Trinajstić information content (AvgIpc) is 2.79. The molecule has 30 heavy (non-hydrogen) atoms. The Labute approximate surface area is 173 Å². The van der Waals surface area contributed by atoms with Crippen LogP contribution in [0, 0.1) is 0 Å². The minimum atomic E-state index is -0.368. The van der Waals surface area contributed by atoms with E-state index < -0.39 is 0 Å². The predicted molar refractivity (Wildman–Crippen MR) is 113 cm³/mol. The molecule has 0 amide bonds. The van der Waals surface area contributed by atoms with Gasteiger partial charge in [0.25, 0.3) is 0 Å². The van der Waals surface area contributed by atoms with Gasteiger partial charge in [-0.2, -0.15) is 0 Å². The van der Waals surface area contributed by atoms with Gasteiger partial charge in [-0.1, -0.05) is 0 Å². The van der Waals surface area contributed by atoms with Gasteiger partial charge in [0.15, 0.2) is 5.58 Å². The van der Waals surface area contributed by atoms with Crippen molar-refractivity contribution in [2.24, 2.45) is 0 Å². The second-order valence-corrected chi connectivity index (χ2v) is 7.46. The third-order valence-electron chi connectivity index (χ3n) is 5.62. The van der Waals surface area contributed by atoms with Crippen LogP contribution in [0.1, 0.15) is 11.1 Å². The Bertz CT molecular complexity index is 1290. The molecule has 3 aromatic carbocycles. The monoisotopic (exact) mass is 404 g/mol. The first-order chi connectivity index (χ1) is 14.7. The van der Waals surface area contributed by atoms with Crippen molar-refractivity contribution in [3.05, 3.63) is 76.1 Å². The molecule has 6 nitrogen and oxygen atoms in total. The zero-order valence-corrected chi connectivity index (χ0v) is 16.9. The standard InChI is InChI=1S/C24H21NO5/c1-27-16-5-3-15(4-6-16)12-25-13-21-22(29-14-25)10-9-19-18-8-7-17(28-2)11-20(18)24(26)30-23(19)21/h3-11H,12-14H2,1-2H3/p+1. The summed E-state index contributed by atoms with van der Waals surface area (Å²) >= 11 is 0. The van der Waals surface area contributed by atoms with E-state index in [1.165, 1.54) is 10.5 Å². The first-order valence-corrected chi connectivity index (χ1v) is 9.82. The van der Waals surface area contributed by atoms with E-state index in [-0.39, 0.29) is 5.63 Å². The van der Waals surface area contributed by atoms with Crippen molar-refractivity contribution in [1.82, 2.24) is 0 Å². The highest BCUT2D eigenvalue weighted by Crippen LogP contribution is 2.33. The van der Waals surface area contributed by atoms with E-state index in [1.54, 1.807) is 20.3 Å². The van der Waals surface area contributed by atoms with E-state index in [0.29, 0.717) is 30.0 Å². The summed E-state index contributed by atoms with van der Waals surface area (Å²) in [5.74, 6) is 2.24. The van der Waals surface area contributed by atoms with Crippen LogP contribution in [-0.2, 0) is 13.1 Å². The highest BCUT2D eigenvalue weighted by molar-refractivity contribution is 6.06. The van der Waals surface area contributed by atoms with Crippen LogP contribution in [-0.4, -0.2) is 21.0 Å². The van der Waals surface area contributed by atoms with Gasteiger partial charge in [-0.25, -0.2) is 4.79 Å². The SMILES string of the molecule is COc1ccc(C[NH+]2COc3ccc4c(oc(=O)c5cc(OC)ccc54)c3C2)cc1. The first-order valence-electron chi connectivity index (χ1n) is 9.82. The van der Waals surface area contributed by atoms with Gasteiger partial charge in [-0.05, 0) is 54.6 Å². The lowest BCUT2D eigenvalue weighted by Gasteiger charge is -2.26. The molecule has 0 radical (unpaired) electrons. The second kappa shape index (κ2) is 7.39. The maximum absolute atomic E-state index is 12.7. The minimum Gasteiger partial charge on any atom is -0.497 e. The lowest BCUT2D eigenvalue weighted by Crippen LogP contribution is -3.10. The molecular weight excluding hydrogens is 382 g/mol. The molecule has 0 bridgehead atoms. The third kappa shape index (κ3) is 3.15. The zero-order valence-electron chi connectivity index (χ0n) is 16.9. The van der Waals surface area contributed by atoms with E-state index in [4.69, 9.17) is 18.6 Å². The molecule has 4 aromatic rings. The molecule has 0 fully saturated rings. The predicted octanol–water partition coefficient (Wildman–Crippen LogP) is 2.90. The minimum absolute atomic E-state index is 0.368. The second-order valence-electron chi connectivity index (χ2n) is 7.46. The normalized spacial score (nSPS) is 15.6. The quantitative estimate of drug-likeness (QED) is 0.419. The number of quaternary nitrogens is 1. The first kappa shape index (κ1) is 18.5. The van der Waals surface area contributed by atoms with Crippen LogP contribution in [0.3, 0.4) is 0 Å². The molecule has 152 valence electrons. The molecule has 0 saturated heterocycles. The maximum atomic E-state index is 12.7. The van der Waals surface area contributed by atoms with Crippen molar-refractivity contribution < 1.29 is 23.5 Å². The number of rotatable bonds is 4. The van der Waals surface area contributed by atoms with Gasteiger partial charge in [0.1, 0.15) is 30.3 Å². The molecule has 0 saturated carbocycles. The van der Waals surface area contributed by atoms with Crippen LogP contribution in [0.5, 0.6) is 17.2 Å². The van der Waals surface area contributed by atoms with Gasteiger partial charge in [0.2, 0.25) is 6.73 Å². The van der Waals surface area contributed by atoms with E-state index in [1.807, 2.05) is 36.4 Å². The van der Waals surface area contributed by atoms with Crippen molar-refractivity contribution in [3.63, 3.8) is 0 Å².